The molecule has 2 rings (SSSR count). The molecule has 0 aliphatic rings. The minimum atomic E-state index is -3.59. The Hall–Kier alpha value is -2.38. The number of para-hydroxylation sites is 1. The van der Waals surface area contributed by atoms with Crippen molar-refractivity contribution in [2.45, 2.75) is 39.0 Å². The predicted octanol–water partition coefficient (Wildman–Crippen LogP) is 3.53. The van der Waals surface area contributed by atoms with Crippen LogP contribution >= 0.6 is 0 Å². The van der Waals surface area contributed by atoms with Gasteiger partial charge in [-0.25, -0.2) is 8.42 Å². The Morgan fingerprint density at radius 2 is 1.66 bits per heavy atom. The molecule has 2 aromatic carbocycles. The van der Waals surface area contributed by atoms with Crippen LogP contribution in [0.15, 0.2) is 47.4 Å². The van der Waals surface area contributed by atoms with E-state index >= 15 is 0 Å². The normalized spacial score (nSPS) is 11.5. The van der Waals surface area contributed by atoms with Crippen LogP contribution in [0.25, 0.3) is 0 Å². The van der Waals surface area contributed by atoms with Gasteiger partial charge in [0, 0.05) is 25.2 Å². The average Bonchev–Trinajstić information content (AvgIpc) is 2.70. The van der Waals surface area contributed by atoms with E-state index in [9.17, 15) is 13.2 Å². The Labute approximate surface area is 173 Å². The van der Waals surface area contributed by atoms with Crippen LogP contribution in [-0.2, 0) is 10.0 Å². The third-order valence-corrected chi connectivity index (χ3v) is 6.75. The molecule has 0 saturated heterocycles. The van der Waals surface area contributed by atoms with Crippen molar-refractivity contribution >= 4 is 15.9 Å². The number of nitrogens with zero attached hydrogens (tertiary/aromatic N) is 1. The second kappa shape index (κ2) is 10.4. The molecule has 1 N–H and O–H groups in total. The summed E-state index contributed by atoms with van der Waals surface area (Å²) in [7, 11) is -3.59. The monoisotopic (exact) mass is 418 g/mol. The lowest BCUT2D eigenvalue weighted by molar-refractivity contribution is 0.0951. The molecule has 0 heterocycles. The van der Waals surface area contributed by atoms with Gasteiger partial charge in [0.05, 0.1) is 11.5 Å². The van der Waals surface area contributed by atoms with E-state index in [1.165, 1.54) is 16.4 Å². The Morgan fingerprint density at radius 3 is 2.28 bits per heavy atom. The first-order valence-electron chi connectivity index (χ1n) is 9.88. The van der Waals surface area contributed by atoms with E-state index in [1.54, 1.807) is 26.0 Å². The highest BCUT2D eigenvalue weighted by Crippen LogP contribution is 2.22. The third kappa shape index (κ3) is 5.81. The standard InChI is InChI=1S/C22H30N2O4S/c1-5-24(6-2)29(26,27)20-13-8-12-19(16-20)22(25)23-14-9-15-28-21-17(3)10-7-11-18(21)4/h7-8,10-13,16H,5-6,9,14-15H2,1-4H3,(H,23,25). The van der Waals surface area contributed by atoms with E-state index in [-0.39, 0.29) is 10.8 Å². The van der Waals surface area contributed by atoms with Crippen LogP contribution in [0.2, 0.25) is 0 Å². The fourth-order valence-corrected chi connectivity index (χ4v) is 4.59. The molecule has 0 fully saturated rings. The number of carbonyl (C=O) groups excluding carboxylic acids is 1. The summed E-state index contributed by atoms with van der Waals surface area (Å²) >= 11 is 0. The summed E-state index contributed by atoms with van der Waals surface area (Å²) in [6.07, 6.45) is 0.650. The van der Waals surface area contributed by atoms with Gasteiger partial charge in [0.1, 0.15) is 5.75 Å². The summed E-state index contributed by atoms with van der Waals surface area (Å²) in [5.74, 6) is 0.585. The minimum Gasteiger partial charge on any atom is -0.493 e. The van der Waals surface area contributed by atoms with Gasteiger partial charge in [0.15, 0.2) is 0 Å². The number of nitrogens with one attached hydrogen (secondary N) is 1. The van der Waals surface area contributed by atoms with Crippen LogP contribution in [-0.4, -0.2) is 44.9 Å². The Morgan fingerprint density at radius 1 is 1.03 bits per heavy atom. The number of benzene rings is 2. The van der Waals surface area contributed by atoms with E-state index in [1.807, 2.05) is 32.0 Å². The van der Waals surface area contributed by atoms with Crippen LogP contribution in [0.3, 0.4) is 0 Å². The zero-order valence-electron chi connectivity index (χ0n) is 17.6. The number of carbonyl (C=O) groups is 1. The van der Waals surface area contributed by atoms with Crippen LogP contribution in [0.5, 0.6) is 5.75 Å². The van der Waals surface area contributed by atoms with Crippen molar-refractivity contribution in [3.8, 4) is 5.75 Å². The summed E-state index contributed by atoms with van der Waals surface area (Å²) < 4.78 is 32.5. The van der Waals surface area contributed by atoms with E-state index < -0.39 is 10.0 Å². The average molecular weight is 419 g/mol. The van der Waals surface area contributed by atoms with Gasteiger partial charge in [-0.1, -0.05) is 38.1 Å². The van der Waals surface area contributed by atoms with Crippen LogP contribution in [0.1, 0.15) is 41.8 Å². The molecule has 0 radical (unpaired) electrons. The van der Waals surface area contributed by atoms with Crippen molar-refractivity contribution in [1.29, 1.82) is 0 Å². The number of hydrogen-bond donors (Lipinski definition) is 1. The number of rotatable bonds is 10. The van der Waals surface area contributed by atoms with Gasteiger partial charge in [-0.3, -0.25) is 4.79 Å². The zero-order chi connectivity index (χ0) is 21.4. The number of amides is 1. The SMILES string of the molecule is CCN(CC)S(=O)(=O)c1cccc(C(=O)NCCCOc2c(C)cccc2C)c1. The molecule has 0 unspecified atom stereocenters. The first-order chi connectivity index (χ1) is 13.8. The minimum absolute atomic E-state index is 0.132. The van der Waals surface area contributed by atoms with Gasteiger partial charge in [0.2, 0.25) is 10.0 Å². The van der Waals surface area contributed by atoms with Crippen molar-refractivity contribution in [3.63, 3.8) is 0 Å². The van der Waals surface area contributed by atoms with E-state index in [2.05, 4.69) is 5.32 Å². The molecule has 0 atom stereocenters. The topological polar surface area (TPSA) is 75.7 Å². The van der Waals surface area contributed by atoms with Gasteiger partial charge in [-0.05, 0) is 49.6 Å². The van der Waals surface area contributed by atoms with Crippen LogP contribution < -0.4 is 10.1 Å². The van der Waals surface area contributed by atoms with E-state index in [4.69, 9.17) is 4.74 Å². The van der Waals surface area contributed by atoms with Gasteiger partial charge < -0.3 is 10.1 Å². The molecule has 7 heteroatoms. The maximum Gasteiger partial charge on any atom is 0.251 e. The summed E-state index contributed by atoms with van der Waals surface area (Å²) in [5.41, 5.74) is 2.49. The summed E-state index contributed by atoms with van der Waals surface area (Å²) in [6.45, 7) is 9.29. The highest BCUT2D eigenvalue weighted by Gasteiger charge is 2.22. The molecular weight excluding hydrogens is 388 g/mol. The predicted molar refractivity (Wildman–Crippen MR) is 115 cm³/mol. The smallest absolute Gasteiger partial charge is 0.251 e. The van der Waals surface area contributed by atoms with Crippen molar-refractivity contribution in [3.05, 3.63) is 59.2 Å². The Balaban J connectivity index is 1.91. The van der Waals surface area contributed by atoms with Gasteiger partial charge in [-0.15, -0.1) is 0 Å². The molecule has 0 saturated carbocycles. The fourth-order valence-electron chi connectivity index (χ4n) is 3.09. The third-order valence-electron chi connectivity index (χ3n) is 4.70. The summed E-state index contributed by atoms with van der Waals surface area (Å²) in [6, 6.07) is 12.1. The zero-order valence-corrected chi connectivity index (χ0v) is 18.4. The van der Waals surface area contributed by atoms with Crippen LogP contribution in [0, 0.1) is 13.8 Å². The Bertz CT molecular complexity index is 917. The molecule has 2 aromatic rings. The lowest BCUT2D eigenvalue weighted by atomic mass is 10.1. The van der Waals surface area contributed by atoms with Gasteiger partial charge >= 0.3 is 0 Å². The summed E-state index contributed by atoms with van der Waals surface area (Å²) in [4.78, 5) is 12.5. The van der Waals surface area contributed by atoms with Crippen molar-refractivity contribution in [2.75, 3.05) is 26.2 Å². The highest BCUT2D eigenvalue weighted by molar-refractivity contribution is 7.89. The molecule has 158 valence electrons. The van der Waals surface area contributed by atoms with Gasteiger partial charge in [-0.2, -0.15) is 4.31 Å². The molecular formula is C22H30N2O4S. The van der Waals surface area contributed by atoms with Gasteiger partial charge in [0.25, 0.3) is 5.91 Å². The molecule has 29 heavy (non-hydrogen) atoms. The number of hydrogen-bond acceptors (Lipinski definition) is 4. The van der Waals surface area contributed by atoms with Crippen molar-refractivity contribution in [1.82, 2.24) is 9.62 Å². The van der Waals surface area contributed by atoms with Crippen molar-refractivity contribution < 1.29 is 17.9 Å². The number of aryl methyl sites for hydroxylation is 2. The molecule has 0 bridgehead atoms. The van der Waals surface area contributed by atoms with E-state index in [0.717, 1.165) is 16.9 Å². The fraction of sp³-hybridized carbons (Fsp3) is 0.409. The first-order valence-corrected chi connectivity index (χ1v) is 11.3. The number of ether oxygens (including phenoxy) is 1. The first kappa shape index (κ1) is 22.9. The summed E-state index contributed by atoms with van der Waals surface area (Å²) in [5, 5.41) is 2.82. The molecule has 6 nitrogen and oxygen atoms in total. The maximum atomic E-state index is 12.6. The second-order valence-electron chi connectivity index (χ2n) is 6.80. The number of sulfonamides is 1. The molecule has 0 aromatic heterocycles. The molecule has 0 aliphatic carbocycles. The Kier molecular flexibility index (Phi) is 8.22. The van der Waals surface area contributed by atoms with Crippen molar-refractivity contribution in [2.24, 2.45) is 0 Å². The highest BCUT2D eigenvalue weighted by atomic mass is 32.2. The second-order valence-corrected chi connectivity index (χ2v) is 8.73. The van der Waals surface area contributed by atoms with E-state index in [0.29, 0.717) is 38.2 Å². The van der Waals surface area contributed by atoms with Crippen LogP contribution in [0.4, 0.5) is 0 Å². The lowest BCUT2D eigenvalue weighted by Gasteiger charge is -2.18. The largest absolute Gasteiger partial charge is 0.493 e. The molecule has 1 amide bonds. The lowest BCUT2D eigenvalue weighted by Crippen LogP contribution is -2.31. The molecule has 0 aliphatic heterocycles. The maximum absolute atomic E-state index is 12.6. The molecule has 0 spiro atoms. The quantitative estimate of drug-likeness (QED) is 0.599.